The van der Waals surface area contributed by atoms with Crippen molar-refractivity contribution in [2.75, 3.05) is 29.0 Å². The molecule has 2 heterocycles. The Morgan fingerprint density at radius 3 is 2.59 bits per heavy atom. The Balaban J connectivity index is 1.48. The van der Waals surface area contributed by atoms with E-state index in [2.05, 4.69) is 15.3 Å². The molecule has 176 valence electrons. The van der Waals surface area contributed by atoms with Crippen LogP contribution < -0.4 is 9.62 Å². The summed E-state index contributed by atoms with van der Waals surface area (Å²) < 4.78 is 31.9. The SMILES string of the molecule is CCOC(=O)c1ccc(NC(=O)CSc2ncc3c(n2)-c2cc(C)ccc2N(C)S3(=O)=O)cc1. The van der Waals surface area contributed by atoms with Gasteiger partial charge in [0.05, 0.1) is 35.5 Å². The van der Waals surface area contributed by atoms with E-state index in [0.29, 0.717) is 33.4 Å². The first kappa shape index (κ1) is 23.7. The number of carbonyl (C=O) groups is 2. The molecule has 4 rings (SSSR count). The summed E-state index contributed by atoms with van der Waals surface area (Å²) in [5.41, 5.74) is 3.46. The lowest BCUT2D eigenvalue weighted by molar-refractivity contribution is -0.113. The number of hydrogen-bond acceptors (Lipinski definition) is 8. The van der Waals surface area contributed by atoms with Crippen LogP contribution in [0.1, 0.15) is 22.8 Å². The van der Waals surface area contributed by atoms with Crippen molar-refractivity contribution in [2.45, 2.75) is 23.9 Å². The molecule has 1 aromatic heterocycles. The summed E-state index contributed by atoms with van der Waals surface area (Å²) in [6.07, 6.45) is 1.29. The van der Waals surface area contributed by atoms with Gasteiger partial charge in [-0.1, -0.05) is 23.4 Å². The first-order valence-electron chi connectivity index (χ1n) is 10.4. The number of amides is 1. The third kappa shape index (κ3) is 4.62. The number of aromatic nitrogens is 2. The van der Waals surface area contributed by atoms with Gasteiger partial charge in [0.1, 0.15) is 4.90 Å². The minimum atomic E-state index is -3.76. The van der Waals surface area contributed by atoms with Crippen molar-refractivity contribution in [1.29, 1.82) is 0 Å². The van der Waals surface area contributed by atoms with Crippen molar-refractivity contribution < 1.29 is 22.7 Å². The Bertz CT molecular complexity index is 1370. The van der Waals surface area contributed by atoms with Gasteiger partial charge in [-0.15, -0.1) is 0 Å². The number of fused-ring (bicyclic) bond motifs is 3. The molecular weight excluding hydrogens is 476 g/mol. The number of rotatable bonds is 6. The van der Waals surface area contributed by atoms with Crippen LogP contribution in [-0.2, 0) is 19.6 Å². The zero-order valence-electron chi connectivity index (χ0n) is 18.7. The molecule has 34 heavy (non-hydrogen) atoms. The number of nitrogens with zero attached hydrogens (tertiary/aromatic N) is 3. The monoisotopic (exact) mass is 498 g/mol. The molecule has 2 aromatic carbocycles. The quantitative estimate of drug-likeness (QED) is 0.312. The highest BCUT2D eigenvalue weighted by Crippen LogP contribution is 2.41. The van der Waals surface area contributed by atoms with Gasteiger partial charge >= 0.3 is 5.97 Å². The van der Waals surface area contributed by atoms with E-state index < -0.39 is 16.0 Å². The second-order valence-corrected chi connectivity index (χ2v) is 10.4. The molecule has 1 aliphatic heterocycles. The Morgan fingerprint density at radius 1 is 1.15 bits per heavy atom. The third-order valence-corrected chi connectivity index (χ3v) is 7.76. The van der Waals surface area contributed by atoms with Crippen LogP contribution in [0.3, 0.4) is 0 Å². The van der Waals surface area contributed by atoms with E-state index in [4.69, 9.17) is 4.74 Å². The second kappa shape index (κ2) is 9.43. The summed E-state index contributed by atoms with van der Waals surface area (Å²) in [5.74, 6) is -0.699. The zero-order valence-corrected chi connectivity index (χ0v) is 20.4. The van der Waals surface area contributed by atoms with Crippen molar-refractivity contribution in [3.63, 3.8) is 0 Å². The van der Waals surface area contributed by atoms with Crippen molar-refractivity contribution in [3.8, 4) is 11.3 Å². The molecule has 1 N–H and O–H groups in total. The summed E-state index contributed by atoms with van der Waals surface area (Å²) in [4.78, 5) is 32.8. The fourth-order valence-electron chi connectivity index (χ4n) is 3.43. The Morgan fingerprint density at radius 2 is 1.88 bits per heavy atom. The maximum Gasteiger partial charge on any atom is 0.338 e. The molecule has 11 heteroatoms. The molecule has 0 aliphatic carbocycles. The second-order valence-electron chi connectivity index (χ2n) is 7.49. The molecule has 3 aromatic rings. The topological polar surface area (TPSA) is 119 Å². The van der Waals surface area contributed by atoms with Gasteiger partial charge in [0.15, 0.2) is 5.16 Å². The van der Waals surface area contributed by atoms with E-state index in [1.807, 2.05) is 19.1 Å². The average Bonchev–Trinajstić information content (AvgIpc) is 2.82. The predicted octanol–water partition coefficient (Wildman–Crippen LogP) is 3.50. The van der Waals surface area contributed by atoms with E-state index in [0.717, 1.165) is 17.3 Å². The molecule has 9 nitrogen and oxygen atoms in total. The van der Waals surface area contributed by atoms with Gasteiger partial charge in [0.25, 0.3) is 10.0 Å². The molecule has 0 spiro atoms. The minimum Gasteiger partial charge on any atom is -0.462 e. The summed E-state index contributed by atoms with van der Waals surface area (Å²) in [7, 11) is -2.26. The van der Waals surface area contributed by atoms with Crippen molar-refractivity contribution in [1.82, 2.24) is 9.97 Å². The number of hydrogen-bond donors (Lipinski definition) is 1. The molecule has 1 amide bonds. The van der Waals surface area contributed by atoms with Gasteiger partial charge in [-0.2, -0.15) is 0 Å². The average molecular weight is 499 g/mol. The smallest absolute Gasteiger partial charge is 0.338 e. The Kier molecular flexibility index (Phi) is 6.58. The molecule has 0 atom stereocenters. The van der Waals surface area contributed by atoms with Gasteiger partial charge < -0.3 is 10.1 Å². The maximum atomic E-state index is 12.9. The molecule has 0 saturated heterocycles. The third-order valence-electron chi connectivity index (χ3n) is 5.13. The summed E-state index contributed by atoms with van der Waals surface area (Å²) >= 11 is 1.10. The lowest BCUT2D eigenvalue weighted by Crippen LogP contribution is -2.31. The first-order valence-corrected chi connectivity index (χ1v) is 12.8. The first-order chi connectivity index (χ1) is 16.2. The number of aryl methyl sites for hydroxylation is 1. The molecule has 0 bridgehead atoms. The number of benzene rings is 2. The maximum absolute atomic E-state index is 12.9. The fourth-order valence-corrected chi connectivity index (χ4v) is 5.34. The van der Waals surface area contributed by atoms with Crippen molar-refractivity contribution >= 4 is 45.0 Å². The minimum absolute atomic E-state index is 0.0196. The van der Waals surface area contributed by atoms with Crippen LogP contribution in [0.4, 0.5) is 11.4 Å². The van der Waals surface area contributed by atoms with Gasteiger partial charge in [-0.3, -0.25) is 9.10 Å². The number of esters is 1. The molecule has 0 fully saturated rings. The summed E-state index contributed by atoms with van der Waals surface area (Å²) in [5, 5.41) is 3.04. The van der Waals surface area contributed by atoms with Crippen LogP contribution in [0.2, 0.25) is 0 Å². The van der Waals surface area contributed by atoms with Gasteiger partial charge in [-0.25, -0.2) is 23.2 Å². The van der Waals surface area contributed by atoms with Crippen LogP contribution in [-0.4, -0.2) is 49.7 Å². The summed E-state index contributed by atoms with van der Waals surface area (Å²) in [6, 6.07) is 11.9. The van der Waals surface area contributed by atoms with Crippen LogP contribution in [0.25, 0.3) is 11.3 Å². The standard InChI is InChI=1S/C23H22N4O5S2/c1-4-32-22(29)15-6-8-16(9-7-15)25-20(28)13-33-23-24-12-19-21(26-23)17-11-14(2)5-10-18(17)27(3)34(19,30)31/h5-12H,4,13H2,1-3H3,(H,25,28). The van der Waals surface area contributed by atoms with Crippen molar-refractivity contribution in [2.24, 2.45) is 0 Å². The lowest BCUT2D eigenvalue weighted by atomic mass is 10.1. The summed E-state index contributed by atoms with van der Waals surface area (Å²) in [6.45, 7) is 3.93. The van der Waals surface area contributed by atoms with E-state index in [1.165, 1.54) is 17.5 Å². The van der Waals surface area contributed by atoms with E-state index in [9.17, 15) is 18.0 Å². The lowest BCUT2D eigenvalue weighted by Gasteiger charge is -2.28. The van der Waals surface area contributed by atoms with Crippen LogP contribution in [0.5, 0.6) is 0 Å². The van der Waals surface area contributed by atoms with Crippen LogP contribution >= 0.6 is 11.8 Å². The number of ether oxygens (including phenoxy) is 1. The van der Waals surface area contributed by atoms with E-state index in [-0.39, 0.29) is 23.2 Å². The molecule has 1 aliphatic rings. The van der Waals surface area contributed by atoms with E-state index in [1.54, 1.807) is 37.3 Å². The number of sulfonamides is 1. The van der Waals surface area contributed by atoms with Gasteiger partial charge in [-0.05, 0) is 50.2 Å². The van der Waals surface area contributed by atoms with Gasteiger partial charge in [0, 0.05) is 18.3 Å². The fraction of sp³-hybridized carbons (Fsp3) is 0.217. The molecule has 0 radical (unpaired) electrons. The number of carbonyl (C=O) groups excluding carboxylic acids is 2. The Labute approximate surface area is 201 Å². The predicted molar refractivity (Wildman–Crippen MR) is 130 cm³/mol. The largest absolute Gasteiger partial charge is 0.462 e. The zero-order chi connectivity index (χ0) is 24.5. The highest BCUT2D eigenvalue weighted by Gasteiger charge is 2.34. The highest BCUT2D eigenvalue weighted by atomic mass is 32.2. The van der Waals surface area contributed by atoms with Crippen LogP contribution in [0.15, 0.2) is 58.7 Å². The molecule has 0 unspecified atom stereocenters. The number of thioether (sulfide) groups is 1. The van der Waals surface area contributed by atoms with Crippen LogP contribution in [0, 0.1) is 6.92 Å². The highest BCUT2D eigenvalue weighted by molar-refractivity contribution is 7.99. The Hall–Kier alpha value is -3.44. The molecule has 0 saturated carbocycles. The normalized spacial score (nSPS) is 13.6. The number of anilines is 2. The van der Waals surface area contributed by atoms with Gasteiger partial charge in [0.2, 0.25) is 5.91 Å². The van der Waals surface area contributed by atoms with E-state index >= 15 is 0 Å². The van der Waals surface area contributed by atoms with Crippen molar-refractivity contribution in [3.05, 3.63) is 59.8 Å². The number of nitrogens with one attached hydrogen (secondary N) is 1. The molecular formula is C23H22N4O5S2.